The number of nitrogens with zero attached hydrogens (tertiary/aromatic N) is 2. The lowest BCUT2D eigenvalue weighted by Crippen LogP contribution is -2.45. The van der Waals surface area contributed by atoms with Crippen LogP contribution in [0.2, 0.25) is 0 Å². The first-order chi connectivity index (χ1) is 9.38. The molecule has 6 heteroatoms. The minimum absolute atomic E-state index is 0.0461. The van der Waals surface area contributed by atoms with Crippen LogP contribution in [0.4, 0.5) is 5.69 Å². The first kappa shape index (κ1) is 14.8. The summed E-state index contributed by atoms with van der Waals surface area (Å²) in [4.78, 5) is 30.0. The summed E-state index contributed by atoms with van der Waals surface area (Å²) >= 11 is 1.44. The second-order valence-electron chi connectivity index (χ2n) is 5.23. The average Bonchev–Trinajstić information content (AvgIpc) is 2.31. The van der Waals surface area contributed by atoms with Gasteiger partial charge in [-0.25, -0.2) is 4.98 Å². The van der Waals surface area contributed by atoms with Gasteiger partial charge >= 0.3 is 0 Å². The molecule has 1 aliphatic rings. The molecule has 0 radical (unpaired) electrons. The molecule has 2 rings (SSSR count). The molecule has 2 heterocycles. The van der Waals surface area contributed by atoms with Crippen LogP contribution in [0.25, 0.3) is 0 Å². The zero-order valence-electron chi connectivity index (χ0n) is 12.2. The van der Waals surface area contributed by atoms with Crippen molar-refractivity contribution in [1.29, 1.82) is 0 Å². The van der Waals surface area contributed by atoms with E-state index in [1.165, 1.54) is 11.8 Å². The number of nitrogens with one attached hydrogen (secondary N) is 1. The Bertz CT molecular complexity index is 558. The second-order valence-corrected chi connectivity index (χ2v) is 6.19. The number of thioether (sulfide) groups is 1. The van der Waals surface area contributed by atoms with Gasteiger partial charge in [-0.3, -0.25) is 14.5 Å². The van der Waals surface area contributed by atoms with Crippen molar-refractivity contribution >= 4 is 29.3 Å². The molecule has 0 aromatic carbocycles. The molecule has 0 bridgehead atoms. The first-order valence-corrected chi connectivity index (χ1v) is 7.58. The molecule has 20 heavy (non-hydrogen) atoms. The van der Waals surface area contributed by atoms with Gasteiger partial charge in [-0.15, -0.1) is 0 Å². The van der Waals surface area contributed by atoms with Gasteiger partial charge in [-0.2, -0.15) is 0 Å². The van der Waals surface area contributed by atoms with E-state index in [0.29, 0.717) is 5.75 Å². The van der Waals surface area contributed by atoms with Crippen molar-refractivity contribution in [2.24, 2.45) is 0 Å². The number of anilines is 1. The van der Waals surface area contributed by atoms with E-state index in [1.54, 1.807) is 4.90 Å². The summed E-state index contributed by atoms with van der Waals surface area (Å²) in [5.74, 6) is 0.138. The number of pyridine rings is 1. The van der Waals surface area contributed by atoms with Crippen LogP contribution in [0.5, 0.6) is 0 Å². The van der Waals surface area contributed by atoms with Crippen LogP contribution < -0.4 is 10.2 Å². The van der Waals surface area contributed by atoms with E-state index < -0.39 is 0 Å². The third-order valence-corrected chi connectivity index (χ3v) is 3.88. The third kappa shape index (κ3) is 3.12. The molecule has 0 saturated heterocycles. The maximum atomic E-state index is 12.1. The van der Waals surface area contributed by atoms with E-state index >= 15 is 0 Å². The predicted octanol–water partition coefficient (Wildman–Crippen LogP) is 1.66. The van der Waals surface area contributed by atoms with Crippen LogP contribution in [0, 0.1) is 13.8 Å². The number of hydrogen-bond donors (Lipinski definition) is 1. The molecule has 5 nitrogen and oxygen atoms in total. The lowest BCUT2D eigenvalue weighted by Gasteiger charge is -2.29. The van der Waals surface area contributed by atoms with Crippen LogP contribution in [-0.2, 0) is 9.59 Å². The lowest BCUT2D eigenvalue weighted by atomic mass is 10.2. The Kier molecular flexibility index (Phi) is 4.32. The normalized spacial score (nSPS) is 14.4. The van der Waals surface area contributed by atoms with Gasteiger partial charge in [0.2, 0.25) is 11.8 Å². The Balaban J connectivity index is 2.30. The van der Waals surface area contributed by atoms with Crippen LogP contribution >= 0.6 is 11.8 Å². The molecule has 0 atom stereocenters. The van der Waals surface area contributed by atoms with Crippen molar-refractivity contribution in [2.75, 3.05) is 17.2 Å². The maximum absolute atomic E-state index is 12.1. The monoisotopic (exact) mass is 293 g/mol. The Morgan fingerprint density at radius 2 is 2.20 bits per heavy atom. The van der Waals surface area contributed by atoms with Crippen molar-refractivity contribution in [1.82, 2.24) is 10.3 Å². The van der Waals surface area contributed by atoms with Gasteiger partial charge in [-0.1, -0.05) is 11.8 Å². The molecule has 1 N–H and O–H groups in total. The smallest absolute Gasteiger partial charge is 0.240 e. The number of aryl methyl sites for hydroxylation is 2. The van der Waals surface area contributed by atoms with E-state index in [0.717, 1.165) is 22.0 Å². The molecule has 1 aliphatic heterocycles. The summed E-state index contributed by atoms with van der Waals surface area (Å²) in [6.07, 6.45) is 0. The van der Waals surface area contributed by atoms with Gasteiger partial charge in [0, 0.05) is 11.7 Å². The first-order valence-electron chi connectivity index (χ1n) is 6.59. The molecular weight excluding hydrogens is 274 g/mol. The average molecular weight is 293 g/mol. The largest absolute Gasteiger partial charge is 0.352 e. The van der Waals surface area contributed by atoms with Crippen molar-refractivity contribution in [2.45, 2.75) is 38.8 Å². The Labute approximate surface area is 123 Å². The van der Waals surface area contributed by atoms with E-state index in [2.05, 4.69) is 10.3 Å². The van der Waals surface area contributed by atoms with E-state index in [-0.39, 0.29) is 24.4 Å². The minimum Gasteiger partial charge on any atom is -0.352 e. The fraction of sp³-hybridized carbons (Fsp3) is 0.500. The van der Waals surface area contributed by atoms with Crippen molar-refractivity contribution < 1.29 is 9.59 Å². The molecule has 2 amide bonds. The van der Waals surface area contributed by atoms with Gasteiger partial charge in [0.25, 0.3) is 0 Å². The quantitative estimate of drug-likeness (QED) is 0.920. The van der Waals surface area contributed by atoms with Crippen molar-refractivity contribution in [3.63, 3.8) is 0 Å². The van der Waals surface area contributed by atoms with E-state index in [1.807, 2.05) is 33.8 Å². The lowest BCUT2D eigenvalue weighted by molar-refractivity contribution is -0.123. The highest BCUT2D eigenvalue weighted by atomic mass is 32.2. The highest BCUT2D eigenvalue weighted by molar-refractivity contribution is 8.00. The Morgan fingerprint density at radius 3 is 2.85 bits per heavy atom. The van der Waals surface area contributed by atoms with Gasteiger partial charge < -0.3 is 5.32 Å². The van der Waals surface area contributed by atoms with Gasteiger partial charge in [0.15, 0.2) is 0 Å². The predicted molar refractivity (Wildman–Crippen MR) is 80.1 cm³/mol. The number of carbonyl (C=O) groups is 2. The topological polar surface area (TPSA) is 62.3 Å². The second kappa shape index (κ2) is 5.83. The number of aromatic nitrogens is 1. The molecule has 0 saturated carbocycles. The fourth-order valence-electron chi connectivity index (χ4n) is 2.24. The van der Waals surface area contributed by atoms with Crippen LogP contribution in [0.1, 0.15) is 25.1 Å². The molecule has 0 spiro atoms. The number of carbonyl (C=O) groups excluding carboxylic acids is 2. The maximum Gasteiger partial charge on any atom is 0.240 e. The summed E-state index contributed by atoms with van der Waals surface area (Å²) in [6.45, 7) is 7.72. The fourth-order valence-corrected chi connectivity index (χ4v) is 3.27. The van der Waals surface area contributed by atoms with Crippen LogP contribution in [0.15, 0.2) is 11.1 Å². The zero-order chi connectivity index (χ0) is 14.9. The molecule has 0 aliphatic carbocycles. The van der Waals surface area contributed by atoms with Gasteiger partial charge in [0.05, 0.1) is 11.4 Å². The van der Waals surface area contributed by atoms with Crippen LogP contribution in [-0.4, -0.2) is 35.1 Å². The Morgan fingerprint density at radius 1 is 1.50 bits per heavy atom. The van der Waals surface area contributed by atoms with Gasteiger partial charge in [-0.05, 0) is 39.3 Å². The van der Waals surface area contributed by atoms with Crippen LogP contribution in [0.3, 0.4) is 0 Å². The molecule has 0 unspecified atom stereocenters. The summed E-state index contributed by atoms with van der Waals surface area (Å²) in [7, 11) is 0. The molecule has 1 aromatic rings. The van der Waals surface area contributed by atoms with E-state index in [9.17, 15) is 9.59 Å². The Hall–Kier alpha value is -1.56. The molecule has 1 aromatic heterocycles. The third-order valence-electron chi connectivity index (χ3n) is 2.93. The summed E-state index contributed by atoms with van der Waals surface area (Å²) in [6, 6.07) is 2.00. The van der Waals surface area contributed by atoms with Gasteiger partial charge in [0.1, 0.15) is 11.6 Å². The summed E-state index contributed by atoms with van der Waals surface area (Å²) in [5.41, 5.74) is 2.68. The molecular formula is C14H19N3O2S. The highest BCUT2D eigenvalue weighted by Gasteiger charge is 2.29. The number of fused-ring (bicyclic) bond motifs is 1. The van der Waals surface area contributed by atoms with E-state index in [4.69, 9.17) is 0 Å². The number of hydrogen-bond acceptors (Lipinski definition) is 4. The SMILES string of the molecule is Cc1cc(C)c2c(n1)SCC(=O)N2CC(=O)NC(C)C. The molecule has 0 fully saturated rings. The number of rotatable bonds is 3. The summed E-state index contributed by atoms with van der Waals surface area (Å²) in [5, 5.41) is 3.65. The molecule has 108 valence electrons. The van der Waals surface area contributed by atoms with Crippen molar-refractivity contribution in [3.05, 3.63) is 17.3 Å². The van der Waals surface area contributed by atoms with Crippen molar-refractivity contribution in [3.8, 4) is 0 Å². The highest BCUT2D eigenvalue weighted by Crippen LogP contribution is 2.36. The zero-order valence-corrected chi connectivity index (χ0v) is 13.0. The standard InChI is InChI=1S/C14H19N3O2S/c1-8(2)15-11(18)6-17-12(19)7-20-14-13(17)9(3)5-10(4)16-14/h5,8H,6-7H2,1-4H3,(H,15,18). The summed E-state index contributed by atoms with van der Waals surface area (Å²) < 4.78 is 0. The number of amides is 2. The minimum atomic E-state index is -0.147.